The minimum Gasteiger partial charge on any atom is -0.494 e. The zero-order valence-electron chi connectivity index (χ0n) is 11.6. The average Bonchev–Trinajstić information content (AvgIpc) is 3.04. The van der Waals surface area contributed by atoms with Crippen LogP contribution in [0.15, 0.2) is 51.8 Å². The first-order chi connectivity index (χ1) is 10.9. The molecule has 0 spiro atoms. The quantitative estimate of drug-likeness (QED) is 0.521. The highest BCUT2D eigenvalue weighted by atomic mass is 32.2. The van der Waals surface area contributed by atoms with Crippen LogP contribution < -0.4 is 5.14 Å². The van der Waals surface area contributed by atoms with Crippen molar-refractivity contribution in [2.75, 3.05) is 0 Å². The fourth-order valence-corrected chi connectivity index (χ4v) is 3.07. The van der Waals surface area contributed by atoms with Crippen molar-refractivity contribution in [3.8, 4) is 17.3 Å². The molecule has 0 aliphatic carbocycles. The first kappa shape index (κ1) is 13.8. The van der Waals surface area contributed by atoms with Crippen LogP contribution in [0.5, 0.6) is 5.88 Å². The Morgan fingerprint density at radius 1 is 1.17 bits per heavy atom. The van der Waals surface area contributed by atoms with Crippen molar-refractivity contribution >= 4 is 32.0 Å². The molecule has 0 saturated heterocycles. The Kier molecular flexibility index (Phi) is 2.75. The number of benzene rings is 2. The summed E-state index contributed by atoms with van der Waals surface area (Å²) in [6.45, 7) is 0. The third kappa shape index (κ3) is 2.16. The number of aromatic hydroxyl groups is 1. The van der Waals surface area contributed by atoms with Gasteiger partial charge in [0.25, 0.3) is 0 Å². The molecule has 2 aromatic carbocycles. The van der Waals surface area contributed by atoms with E-state index >= 15 is 0 Å². The zero-order chi connectivity index (χ0) is 16.2. The van der Waals surface area contributed by atoms with E-state index in [1.165, 1.54) is 18.2 Å². The lowest BCUT2D eigenvalue weighted by atomic mass is 10.1. The van der Waals surface area contributed by atoms with Gasteiger partial charge in [0.05, 0.1) is 4.90 Å². The monoisotopic (exact) mass is 329 g/mol. The maximum absolute atomic E-state index is 11.5. The number of oxazole rings is 1. The van der Waals surface area contributed by atoms with Gasteiger partial charge < -0.3 is 14.5 Å². The second kappa shape index (κ2) is 4.58. The van der Waals surface area contributed by atoms with E-state index in [1.807, 2.05) is 12.1 Å². The van der Waals surface area contributed by atoms with Crippen molar-refractivity contribution in [2.45, 2.75) is 4.90 Å². The number of H-pyrrole nitrogens is 1. The molecule has 0 amide bonds. The molecule has 4 N–H and O–H groups in total. The predicted molar refractivity (Wildman–Crippen MR) is 84.3 cm³/mol. The van der Waals surface area contributed by atoms with Crippen molar-refractivity contribution in [3.63, 3.8) is 0 Å². The van der Waals surface area contributed by atoms with Gasteiger partial charge in [-0.25, -0.2) is 18.5 Å². The zero-order valence-corrected chi connectivity index (χ0v) is 12.5. The normalized spacial score (nSPS) is 12.2. The highest BCUT2D eigenvalue weighted by Crippen LogP contribution is 2.38. The number of nitrogens with one attached hydrogen (secondary N) is 1. The Morgan fingerprint density at radius 3 is 2.70 bits per heavy atom. The molecule has 116 valence electrons. The second-order valence-electron chi connectivity index (χ2n) is 5.09. The summed E-state index contributed by atoms with van der Waals surface area (Å²) < 4.78 is 28.7. The second-order valence-corrected chi connectivity index (χ2v) is 6.65. The van der Waals surface area contributed by atoms with Crippen LogP contribution in [0.1, 0.15) is 0 Å². The van der Waals surface area contributed by atoms with E-state index in [9.17, 15) is 13.5 Å². The molecule has 0 radical (unpaired) electrons. The van der Waals surface area contributed by atoms with Crippen molar-refractivity contribution < 1.29 is 17.9 Å². The lowest BCUT2D eigenvalue weighted by molar-refractivity contribution is 0.457. The number of hydrogen-bond acceptors (Lipinski definition) is 5. The third-order valence-electron chi connectivity index (χ3n) is 3.59. The van der Waals surface area contributed by atoms with E-state index in [-0.39, 0.29) is 16.7 Å². The summed E-state index contributed by atoms with van der Waals surface area (Å²) in [4.78, 5) is 7.04. The summed E-state index contributed by atoms with van der Waals surface area (Å²) in [7, 11) is -3.86. The van der Waals surface area contributed by atoms with Gasteiger partial charge in [0.2, 0.25) is 21.8 Å². The first-order valence-corrected chi connectivity index (χ1v) is 8.21. The highest BCUT2D eigenvalue weighted by Gasteiger charge is 2.20. The van der Waals surface area contributed by atoms with Gasteiger partial charge in [-0.3, -0.25) is 0 Å². The Morgan fingerprint density at radius 2 is 1.96 bits per heavy atom. The fraction of sp³-hybridized carbons (Fsp3) is 0. The van der Waals surface area contributed by atoms with Crippen molar-refractivity contribution in [1.82, 2.24) is 9.97 Å². The maximum atomic E-state index is 11.5. The molecule has 7 nitrogen and oxygen atoms in total. The standard InChI is InChI=1S/C15H11N3O4S/c16-23(20,21)8-5-6-10-9(7-8)13(14(19)17-10)15-18-11-3-1-2-4-12(11)22-15/h1-7,17,19H,(H2,16,20,21). The molecule has 23 heavy (non-hydrogen) atoms. The summed E-state index contributed by atoms with van der Waals surface area (Å²) in [5.41, 5.74) is 2.05. The lowest BCUT2D eigenvalue weighted by Gasteiger charge is -1.99. The molecule has 8 heteroatoms. The number of nitrogens with zero attached hydrogens (tertiary/aromatic N) is 1. The van der Waals surface area contributed by atoms with Crippen LogP contribution in [0.25, 0.3) is 33.5 Å². The number of sulfonamides is 1. The smallest absolute Gasteiger partial charge is 0.238 e. The van der Waals surface area contributed by atoms with Crippen molar-refractivity contribution in [3.05, 3.63) is 42.5 Å². The predicted octanol–water partition coefficient (Wildman–Crippen LogP) is 2.33. The maximum Gasteiger partial charge on any atom is 0.238 e. The largest absolute Gasteiger partial charge is 0.494 e. The topological polar surface area (TPSA) is 122 Å². The number of primary sulfonamides is 1. The molecular weight excluding hydrogens is 318 g/mol. The number of nitrogens with two attached hydrogens (primary N) is 1. The summed E-state index contributed by atoms with van der Waals surface area (Å²) >= 11 is 0. The van der Waals surface area contributed by atoms with Crippen LogP contribution in [-0.4, -0.2) is 23.5 Å². The van der Waals surface area contributed by atoms with Crippen LogP contribution in [0.3, 0.4) is 0 Å². The Hall–Kier alpha value is -2.84. The van der Waals surface area contributed by atoms with E-state index in [0.29, 0.717) is 27.6 Å². The molecule has 4 rings (SSSR count). The van der Waals surface area contributed by atoms with Crippen LogP contribution in [0.2, 0.25) is 0 Å². The molecule has 0 aliphatic rings. The Balaban J connectivity index is 2.03. The highest BCUT2D eigenvalue weighted by molar-refractivity contribution is 7.89. The van der Waals surface area contributed by atoms with Crippen molar-refractivity contribution in [2.24, 2.45) is 5.14 Å². The van der Waals surface area contributed by atoms with Crippen LogP contribution >= 0.6 is 0 Å². The van der Waals surface area contributed by atoms with Gasteiger partial charge in [-0.2, -0.15) is 0 Å². The SMILES string of the molecule is NS(=O)(=O)c1ccc2[nH]c(O)c(-c3nc4ccccc4o3)c2c1. The molecule has 0 fully saturated rings. The number of para-hydroxylation sites is 2. The number of rotatable bonds is 2. The van der Waals surface area contributed by atoms with Gasteiger partial charge in [0, 0.05) is 10.9 Å². The first-order valence-electron chi connectivity index (χ1n) is 6.67. The van der Waals surface area contributed by atoms with Crippen molar-refractivity contribution in [1.29, 1.82) is 0 Å². The van der Waals surface area contributed by atoms with E-state index in [4.69, 9.17) is 9.56 Å². The average molecular weight is 329 g/mol. The minimum atomic E-state index is -3.86. The van der Waals surface area contributed by atoms with Gasteiger partial charge >= 0.3 is 0 Å². The number of hydrogen-bond donors (Lipinski definition) is 3. The minimum absolute atomic E-state index is 0.0543. The van der Waals surface area contributed by atoms with Gasteiger partial charge in [0.1, 0.15) is 11.1 Å². The van der Waals surface area contributed by atoms with Crippen LogP contribution in [0.4, 0.5) is 0 Å². The molecule has 0 aliphatic heterocycles. The number of fused-ring (bicyclic) bond motifs is 2. The summed E-state index contributed by atoms with van der Waals surface area (Å²) in [5, 5.41) is 15.8. The summed E-state index contributed by atoms with van der Waals surface area (Å²) in [6.07, 6.45) is 0. The molecular formula is C15H11N3O4S. The number of aromatic nitrogens is 2. The van der Waals surface area contributed by atoms with Gasteiger partial charge in [0.15, 0.2) is 5.58 Å². The summed E-state index contributed by atoms with van der Waals surface area (Å²) in [6, 6.07) is 11.4. The molecule has 2 aromatic heterocycles. The van der Waals surface area contributed by atoms with E-state index in [2.05, 4.69) is 9.97 Å². The van der Waals surface area contributed by atoms with Gasteiger partial charge in [-0.15, -0.1) is 0 Å². The molecule has 0 saturated carbocycles. The molecule has 2 heterocycles. The summed E-state index contributed by atoms with van der Waals surface area (Å²) in [5.74, 6) is 0.0413. The molecule has 0 unspecified atom stereocenters. The van der Waals surface area contributed by atoms with Gasteiger partial charge in [-0.1, -0.05) is 12.1 Å². The van der Waals surface area contributed by atoms with E-state index in [0.717, 1.165) is 0 Å². The van der Waals surface area contributed by atoms with Gasteiger partial charge in [-0.05, 0) is 30.3 Å². The molecule has 4 aromatic rings. The fourth-order valence-electron chi connectivity index (χ4n) is 2.53. The Bertz CT molecular complexity index is 1130. The lowest BCUT2D eigenvalue weighted by Crippen LogP contribution is -2.11. The third-order valence-corrected chi connectivity index (χ3v) is 4.50. The number of aromatic amines is 1. The molecule has 0 atom stereocenters. The van der Waals surface area contributed by atoms with E-state index < -0.39 is 10.0 Å². The van der Waals surface area contributed by atoms with Crippen LogP contribution in [-0.2, 0) is 10.0 Å². The van der Waals surface area contributed by atoms with Crippen LogP contribution in [0, 0.1) is 0 Å². The molecule has 0 bridgehead atoms. The van der Waals surface area contributed by atoms with E-state index in [1.54, 1.807) is 12.1 Å². The Labute approximate surface area is 130 Å².